The maximum Gasteiger partial charge on any atom is 0.239 e. The summed E-state index contributed by atoms with van der Waals surface area (Å²) in [5.41, 5.74) is 2.14. The van der Waals surface area contributed by atoms with Crippen LogP contribution in [0.5, 0.6) is 0 Å². The summed E-state index contributed by atoms with van der Waals surface area (Å²) in [4.78, 5) is 26.6. The van der Waals surface area contributed by atoms with Crippen molar-refractivity contribution in [3.8, 4) is 0 Å². The number of benzene rings is 2. The van der Waals surface area contributed by atoms with Gasteiger partial charge in [-0.1, -0.05) is 6.07 Å². The van der Waals surface area contributed by atoms with Gasteiger partial charge in [0.25, 0.3) is 0 Å². The zero-order chi connectivity index (χ0) is 19.0. The number of carbonyl (C=O) groups excluding carboxylic acids is 2. The zero-order valence-corrected chi connectivity index (χ0v) is 14.6. The van der Waals surface area contributed by atoms with Crippen LogP contribution < -0.4 is 15.5 Å². The predicted molar refractivity (Wildman–Crippen MR) is 97.3 cm³/mol. The Hall–Kier alpha value is -2.80. The van der Waals surface area contributed by atoms with Gasteiger partial charge in [0.15, 0.2) is 0 Å². The normalized spacial score (nSPS) is 19.1. The second kappa shape index (κ2) is 7.08. The second-order valence-corrected chi connectivity index (χ2v) is 6.79. The third-order valence-corrected chi connectivity index (χ3v) is 5.13. The molecular formula is C20H19F2N3O2. The summed E-state index contributed by atoms with van der Waals surface area (Å²) < 4.78 is 27.8. The van der Waals surface area contributed by atoms with Gasteiger partial charge in [0.1, 0.15) is 17.6 Å². The minimum absolute atomic E-state index is 0.105. The van der Waals surface area contributed by atoms with Crippen LogP contribution in [0.25, 0.3) is 0 Å². The molecule has 2 aromatic rings. The summed E-state index contributed by atoms with van der Waals surface area (Å²) in [5.74, 6) is -2.58. The summed E-state index contributed by atoms with van der Waals surface area (Å²) in [7, 11) is 0. The lowest BCUT2D eigenvalue weighted by Gasteiger charge is -2.20. The van der Waals surface area contributed by atoms with E-state index in [1.165, 1.54) is 35.2 Å². The van der Waals surface area contributed by atoms with Gasteiger partial charge in [-0.15, -0.1) is 0 Å². The van der Waals surface area contributed by atoms with Crippen molar-refractivity contribution in [3.05, 3.63) is 59.2 Å². The van der Waals surface area contributed by atoms with E-state index in [1.807, 2.05) is 0 Å². The van der Waals surface area contributed by atoms with Crippen LogP contribution in [0, 0.1) is 17.6 Å². The van der Waals surface area contributed by atoms with Crippen molar-refractivity contribution in [2.24, 2.45) is 5.92 Å². The first-order valence-corrected chi connectivity index (χ1v) is 8.93. The largest absolute Gasteiger partial charge is 0.323 e. The molecule has 0 spiro atoms. The summed E-state index contributed by atoms with van der Waals surface area (Å²) >= 11 is 0. The summed E-state index contributed by atoms with van der Waals surface area (Å²) in [6, 6.07) is 8.88. The molecule has 1 atom stereocenters. The van der Waals surface area contributed by atoms with Gasteiger partial charge < -0.3 is 15.5 Å². The Bertz CT molecular complexity index is 899. The first-order chi connectivity index (χ1) is 13.0. The maximum atomic E-state index is 14.7. The molecule has 2 N–H and O–H groups in total. The van der Waals surface area contributed by atoms with Crippen molar-refractivity contribution in [2.75, 3.05) is 23.3 Å². The quantitative estimate of drug-likeness (QED) is 0.816. The average Bonchev–Trinajstić information content (AvgIpc) is 3.06. The van der Waals surface area contributed by atoms with Crippen molar-refractivity contribution in [1.29, 1.82) is 0 Å². The number of nitrogens with zero attached hydrogens (tertiary/aromatic N) is 1. The highest BCUT2D eigenvalue weighted by Gasteiger charge is 2.38. The van der Waals surface area contributed by atoms with Crippen LogP contribution in [0.15, 0.2) is 36.4 Å². The van der Waals surface area contributed by atoms with E-state index in [-0.39, 0.29) is 11.6 Å². The molecule has 7 heteroatoms. The Balaban J connectivity index is 1.49. The minimum atomic E-state index is -0.882. The predicted octanol–water partition coefficient (Wildman–Crippen LogP) is 2.60. The van der Waals surface area contributed by atoms with Gasteiger partial charge in [0, 0.05) is 18.8 Å². The molecule has 0 aliphatic carbocycles. The molecule has 0 aromatic heterocycles. The highest BCUT2D eigenvalue weighted by molar-refractivity contribution is 6.13. The number of hydrogen-bond acceptors (Lipinski definition) is 3. The third kappa shape index (κ3) is 3.30. The molecular weight excluding hydrogens is 352 g/mol. The van der Waals surface area contributed by atoms with E-state index in [0.717, 1.165) is 5.56 Å². The second-order valence-electron chi connectivity index (χ2n) is 6.79. The molecule has 2 aliphatic heterocycles. The van der Waals surface area contributed by atoms with Crippen molar-refractivity contribution in [3.63, 3.8) is 0 Å². The first kappa shape index (κ1) is 17.6. The molecule has 0 radical (unpaired) electrons. The fourth-order valence-electron chi connectivity index (χ4n) is 3.65. The highest BCUT2D eigenvalue weighted by atomic mass is 19.1. The Morgan fingerprint density at radius 3 is 2.70 bits per heavy atom. The molecule has 2 aromatic carbocycles. The molecule has 2 aliphatic rings. The molecule has 140 valence electrons. The molecule has 2 amide bonds. The maximum absolute atomic E-state index is 14.7. The van der Waals surface area contributed by atoms with Gasteiger partial charge in [-0.3, -0.25) is 9.59 Å². The Morgan fingerprint density at radius 1 is 1.15 bits per heavy atom. The van der Waals surface area contributed by atoms with Crippen LogP contribution in [0.3, 0.4) is 0 Å². The molecule has 1 unspecified atom stereocenters. The van der Waals surface area contributed by atoms with E-state index in [1.54, 1.807) is 6.07 Å². The van der Waals surface area contributed by atoms with Crippen molar-refractivity contribution >= 4 is 23.2 Å². The van der Waals surface area contributed by atoms with Crippen LogP contribution in [0.2, 0.25) is 0 Å². The van der Waals surface area contributed by atoms with Crippen LogP contribution in [0.4, 0.5) is 20.2 Å². The topological polar surface area (TPSA) is 61.4 Å². The van der Waals surface area contributed by atoms with Crippen LogP contribution in [0.1, 0.15) is 17.5 Å². The van der Waals surface area contributed by atoms with Gasteiger partial charge in [0.2, 0.25) is 11.8 Å². The molecule has 0 bridgehead atoms. The number of amides is 2. The average molecular weight is 371 g/mol. The van der Waals surface area contributed by atoms with E-state index < -0.39 is 23.5 Å². The SMILES string of the molecule is O=C(Nc1ccc2c(c1F)CCNC2)C1CCN(c2ccc(F)cc2)C1=O. The van der Waals surface area contributed by atoms with Crippen molar-refractivity contribution in [1.82, 2.24) is 5.32 Å². The monoisotopic (exact) mass is 371 g/mol. The van der Waals surface area contributed by atoms with E-state index in [9.17, 15) is 18.4 Å². The van der Waals surface area contributed by atoms with Crippen molar-refractivity contribution in [2.45, 2.75) is 19.4 Å². The van der Waals surface area contributed by atoms with Gasteiger partial charge in [-0.2, -0.15) is 0 Å². The van der Waals surface area contributed by atoms with Crippen LogP contribution in [-0.4, -0.2) is 24.9 Å². The fourth-order valence-corrected chi connectivity index (χ4v) is 3.65. The number of nitrogens with one attached hydrogen (secondary N) is 2. The minimum Gasteiger partial charge on any atom is -0.323 e. The van der Waals surface area contributed by atoms with Crippen molar-refractivity contribution < 1.29 is 18.4 Å². The van der Waals surface area contributed by atoms with Gasteiger partial charge in [-0.25, -0.2) is 8.78 Å². The first-order valence-electron chi connectivity index (χ1n) is 8.93. The third-order valence-electron chi connectivity index (χ3n) is 5.13. The molecule has 4 rings (SSSR count). The Morgan fingerprint density at radius 2 is 1.93 bits per heavy atom. The number of hydrogen-bond donors (Lipinski definition) is 2. The molecule has 0 saturated carbocycles. The van der Waals surface area contributed by atoms with E-state index in [0.29, 0.717) is 43.7 Å². The lowest BCUT2D eigenvalue weighted by atomic mass is 9.99. The number of anilines is 2. The molecule has 27 heavy (non-hydrogen) atoms. The number of rotatable bonds is 3. The van der Waals surface area contributed by atoms with E-state index in [4.69, 9.17) is 0 Å². The smallest absolute Gasteiger partial charge is 0.239 e. The van der Waals surface area contributed by atoms with Gasteiger partial charge >= 0.3 is 0 Å². The highest BCUT2D eigenvalue weighted by Crippen LogP contribution is 2.28. The standard InChI is InChI=1S/C20H19F2N3O2/c21-13-2-4-14(5-3-13)25-10-8-16(20(25)27)19(26)24-17-6-1-12-11-23-9-7-15(12)18(17)22/h1-6,16,23H,7-11H2,(H,24,26). The van der Waals surface area contributed by atoms with Gasteiger partial charge in [0.05, 0.1) is 5.69 Å². The molecule has 2 heterocycles. The lowest BCUT2D eigenvalue weighted by molar-refractivity contribution is -0.129. The zero-order valence-electron chi connectivity index (χ0n) is 14.6. The number of halogens is 2. The summed E-state index contributed by atoms with van der Waals surface area (Å²) in [5, 5.41) is 5.75. The lowest BCUT2D eigenvalue weighted by Crippen LogP contribution is -2.33. The van der Waals surface area contributed by atoms with E-state index >= 15 is 0 Å². The molecule has 1 fully saturated rings. The molecule has 5 nitrogen and oxygen atoms in total. The number of carbonyl (C=O) groups is 2. The number of fused-ring (bicyclic) bond motifs is 1. The fraction of sp³-hybridized carbons (Fsp3) is 0.300. The van der Waals surface area contributed by atoms with Crippen LogP contribution >= 0.6 is 0 Å². The molecule has 1 saturated heterocycles. The Kier molecular flexibility index (Phi) is 4.61. The summed E-state index contributed by atoms with van der Waals surface area (Å²) in [6.45, 7) is 1.66. The van der Waals surface area contributed by atoms with E-state index in [2.05, 4.69) is 10.6 Å². The van der Waals surface area contributed by atoms with Crippen LogP contribution in [-0.2, 0) is 22.6 Å². The Labute approximate surface area is 155 Å². The van der Waals surface area contributed by atoms with Gasteiger partial charge in [-0.05, 0) is 60.8 Å². The summed E-state index contributed by atoms with van der Waals surface area (Å²) in [6.07, 6.45) is 0.893.